The Bertz CT molecular complexity index is 737. The lowest BCUT2D eigenvalue weighted by Crippen LogP contribution is -2.16. The minimum atomic E-state index is 0.737. The number of hydrogen-bond donors (Lipinski definition) is 2. The van der Waals surface area contributed by atoms with Crippen LogP contribution in [-0.2, 0) is 13.0 Å². The maximum Gasteiger partial charge on any atom is 0.127 e. The first-order valence-corrected chi connectivity index (χ1v) is 8.16. The summed E-state index contributed by atoms with van der Waals surface area (Å²) in [5, 5.41) is 3.47. The Morgan fingerprint density at radius 2 is 1.33 bits per heavy atom. The van der Waals surface area contributed by atoms with Crippen molar-refractivity contribution in [2.24, 2.45) is 0 Å². The minimum Gasteiger partial charge on any atom is -0.457 e. The smallest absolute Gasteiger partial charge is 0.127 e. The van der Waals surface area contributed by atoms with Gasteiger partial charge in [-0.3, -0.25) is 0 Å². The van der Waals surface area contributed by atoms with Crippen LogP contribution in [0.4, 0.5) is 5.69 Å². The average Bonchev–Trinajstić information content (AvgIpc) is 2.63. The third-order valence-electron chi connectivity index (χ3n) is 3.80. The van der Waals surface area contributed by atoms with E-state index in [0.29, 0.717) is 0 Å². The van der Waals surface area contributed by atoms with Crippen molar-refractivity contribution in [3.63, 3.8) is 0 Å². The summed E-state index contributed by atoms with van der Waals surface area (Å²) < 4.78 is 5.80. The van der Waals surface area contributed by atoms with Gasteiger partial charge in [0.25, 0.3) is 0 Å². The Morgan fingerprint density at radius 3 is 2.00 bits per heavy atom. The number of ether oxygens (including phenoxy) is 1. The molecule has 0 aromatic heterocycles. The second-order valence-electron chi connectivity index (χ2n) is 5.73. The van der Waals surface area contributed by atoms with Crippen LogP contribution in [0.3, 0.4) is 0 Å². The maximum absolute atomic E-state index is 5.80. The van der Waals surface area contributed by atoms with Gasteiger partial charge in [0.1, 0.15) is 11.5 Å². The van der Waals surface area contributed by atoms with Crippen LogP contribution in [0.5, 0.6) is 11.5 Å². The molecule has 0 fully saturated rings. The van der Waals surface area contributed by atoms with E-state index in [9.17, 15) is 0 Å². The van der Waals surface area contributed by atoms with Crippen molar-refractivity contribution in [2.75, 3.05) is 12.3 Å². The maximum atomic E-state index is 5.80. The van der Waals surface area contributed by atoms with Crippen LogP contribution in [0, 0.1) is 0 Å². The number of nitrogen functional groups attached to an aromatic ring is 1. The molecule has 0 saturated carbocycles. The Morgan fingerprint density at radius 1 is 0.708 bits per heavy atom. The fraction of sp³-hybridized carbons (Fsp3) is 0.143. The third-order valence-corrected chi connectivity index (χ3v) is 3.80. The number of rotatable bonds is 7. The molecule has 0 saturated heterocycles. The monoisotopic (exact) mass is 318 g/mol. The van der Waals surface area contributed by atoms with Gasteiger partial charge in [-0.2, -0.15) is 0 Å². The first-order chi connectivity index (χ1) is 11.8. The van der Waals surface area contributed by atoms with Gasteiger partial charge in [0, 0.05) is 12.2 Å². The lowest BCUT2D eigenvalue weighted by Gasteiger charge is -2.08. The van der Waals surface area contributed by atoms with Crippen molar-refractivity contribution in [1.29, 1.82) is 0 Å². The van der Waals surface area contributed by atoms with E-state index < -0.39 is 0 Å². The van der Waals surface area contributed by atoms with E-state index in [0.717, 1.165) is 36.7 Å². The highest BCUT2D eigenvalue weighted by Gasteiger charge is 1.99. The quantitative estimate of drug-likeness (QED) is 0.501. The van der Waals surface area contributed by atoms with E-state index >= 15 is 0 Å². The molecule has 3 aromatic rings. The number of nitrogens with one attached hydrogen (secondary N) is 1. The van der Waals surface area contributed by atoms with Gasteiger partial charge in [-0.25, -0.2) is 0 Å². The standard InChI is InChI=1S/C21H22N2O/c22-19-8-12-21(13-9-19)24-20-10-6-17(7-11-20)14-15-23-16-18-4-2-1-3-5-18/h1-13,23H,14-16,22H2. The van der Waals surface area contributed by atoms with Crippen molar-refractivity contribution >= 4 is 5.69 Å². The molecular formula is C21H22N2O. The predicted octanol–water partition coefficient (Wildman–Crippen LogP) is 4.39. The van der Waals surface area contributed by atoms with Gasteiger partial charge in [-0.05, 0) is 60.5 Å². The van der Waals surface area contributed by atoms with Gasteiger partial charge in [-0.1, -0.05) is 42.5 Å². The van der Waals surface area contributed by atoms with Crippen molar-refractivity contribution < 1.29 is 4.74 Å². The molecule has 0 radical (unpaired) electrons. The van der Waals surface area contributed by atoms with Crippen molar-refractivity contribution in [1.82, 2.24) is 5.32 Å². The molecule has 3 rings (SSSR count). The van der Waals surface area contributed by atoms with Gasteiger partial charge < -0.3 is 15.8 Å². The SMILES string of the molecule is Nc1ccc(Oc2ccc(CCNCc3ccccc3)cc2)cc1. The summed E-state index contributed by atoms with van der Waals surface area (Å²) >= 11 is 0. The lowest BCUT2D eigenvalue weighted by molar-refractivity contribution is 0.482. The molecule has 0 unspecified atom stereocenters. The van der Waals surface area contributed by atoms with Gasteiger partial charge in [0.2, 0.25) is 0 Å². The molecule has 3 nitrogen and oxygen atoms in total. The van der Waals surface area contributed by atoms with Gasteiger partial charge >= 0.3 is 0 Å². The topological polar surface area (TPSA) is 47.3 Å². The van der Waals surface area contributed by atoms with Crippen LogP contribution in [0.25, 0.3) is 0 Å². The molecule has 3 aromatic carbocycles. The highest BCUT2D eigenvalue weighted by atomic mass is 16.5. The van der Waals surface area contributed by atoms with Crippen LogP contribution in [-0.4, -0.2) is 6.54 Å². The van der Waals surface area contributed by atoms with E-state index in [4.69, 9.17) is 10.5 Å². The van der Waals surface area contributed by atoms with E-state index in [1.54, 1.807) is 0 Å². The molecule has 0 atom stereocenters. The summed E-state index contributed by atoms with van der Waals surface area (Å²) in [5.74, 6) is 1.63. The molecule has 122 valence electrons. The first-order valence-electron chi connectivity index (χ1n) is 8.16. The van der Waals surface area contributed by atoms with Gasteiger partial charge in [0.05, 0.1) is 0 Å². The Kier molecular flexibility index (Phi) is 5.48. The molecule has 0 spiro atoms. The summed E-state index contributed by atoms with van der Waals surface area (Å²) in [6.07, 6.45) is 0.995. The molecule has 0 aliphatic rings. The fourth-order valence-corrected chi connectivity index (χ4v) is 2.46. The molecule has 0 heterocycles. The Balaban J connectivity index is 1.45. The van der Waals surface area contributed by atoms with Crippen LogP contribution in [0.2, 0.25) is 0 Å². The molecular weight excluding hydrogens is 296 g/mol. The summed E-state index contributed by atoms with van der Waals surface area (Å²) in [7, 11) is 0. The highest BCUT2D eigenvalue weighted by molar-refractivity contribution is 5.43. The predicted molar refractivity (Wildman–Crippen MR) is 99.2 cm³/mol. The van der Waals surface area contributed by atoms with Gasteiger partial charge in [-0.15, -0.1) is 0 Å². The zero-order valence-electron chi connectivity index (χ0n) is 13.6. The second kappa shape index (κ2) is 8.18. The number of nitrogens with two attached hydrogens (primary N) is 1. The zero-order chi connectivity index (χ0) is 16.6. The normalized spacial score (nSPS) is 10.5. The highest BCUT2D eigenvalue weighted by Crippen LogP contribution is 2.22. The second-order valence-corrected chi connectivity index (χ2v) is 5.73. The van der Waals surface area contributed by atoms with Crippen LogP contribution >= 0.6 is 0 Å². The molecule has 0 bridgehead atoms. The number of benzene rings is 3. The van der Waals surface area contributed by atoms with Crippen molar-refractivity contribution in [3.8, 4) is 11.5 Å². The summed E-state index contributed by atoms with van der Waals surface area (Å²) in [6, 6.07) is 26.1. The third kappa shape index (κ3) is 4.86. The molecule has 0 amide bonds. The molecule has 3 N–H and O–H groups in total. The Labute approximate surface area is 143 Å². The summed E-state index contributed by atoms with van der Waals surface area (Å²) in [6.45, 7) is 1.85. The van der Waals surface area contributed by atoms with Crippen LogP contribution in [0.1, 0.15) is 11.1 Å². The minimum absolute atomic E-state index is 0.737. The van der Waals surface area contributed by atoms with E-state index in [2.05, 4.69) is 41.7 Å². The molecule has 0 aliphatic heterocycles. The largest absolute Gasteiger partial charge is 0.457 e. The summed E-state index contributed by atoms with van der Waals surface area (Å²) in [5.41, 5.74) is 9.01. The van der Waals surface area contributed by atoms with Gasteiger partial charge in [0.15, 0.2) is 0 Å². The van der Waals surface area contributed by atoms with Crippen LogP contribution < -0.4 is 15.8 Å². The first kappa shape index (κ1) is 16.1. The van der Waals surface area contributed by atoms with E-state index in [1.165, 1.54) is 11.1 Å². The molecule has 24 heavy (non-hydrogen) atoms. The van der Waals surface area contributed by atoms with E-state index in [1.807, 2.05) is 42.5 Å². The fourth-order valence-electron chi connectivity index (χ4n) is 2.46. The molecule has 3 heteroatoms. The average molecular weight is 318 g/mol. The van der Waals surface area contributed by atoms with Crippen molar-refractivity contribution in [3.05, 3.63) is 90.0 Å². The van der Waals surface area contributed by atoms with Crippen LogP contribution in [0.15, 0.2) is 78.9 Å². The van der Waals surface area contributed by atoms with E-state index in [-0.39, 0.29) is 0 Å². The Hall–Kier alpha value is -2.78. The summed E-state index contributed by atoms with van der Waals surface area (Å²) in [4.78, 5) is 0. The van der Waals surface area contributed by atoms with Crippen molar-refractivity contribution in [2.45, 2.75) is 13.0 Å². The molecule has 0 aliphatic carbocycles. The zero-order valence-corrected chi connectivity index (χ0v) is 13.6. The number of anilines is 1. The lowest BCUT2D eigenvalue weighted by atomic mass is 10.1. The number of hydrogen-bond acceptors (Lipinski definition) is 3.